The number of rotatable bonds is 1. The Bertz CT molecular complexity index is 299. The molecule has 0 aliphatic carbocycles. The average Bonchev–Trinajstić information content (AvgIpc) is 2.04. The predicted octanol–water partition coefficient (Wildman–Crippen LogP) is 1.91. The van der Waals surface area contributed by atoms with Crippen molar-refractivity contribution in [1.82, 2.24) is 0 Å². The number of hydrogen-bond acceptors (Lipinski definition) is 1. The second-order valence-electron chi connectivity index (χ2n) is 1.75. The molecule has 0 saturated carbocycles. The summed E-state index contributed by atoms with van der Waals surface area (Å²) in [4.78, 5) is 0. The molecule has 1 nitrogen and oxygen atoms in total. The highest BCUT2D eigenvalue weighted by atomic mass is 14.5. The van der Waals surface area contributed by atoms with E-state index >= 15 is 0 Å². The summed E-state index contributed by atoms with van der Waals surface area (Å²) >= 11 is 0. The summed E-state index contributed by atoms with van der Waals surface area (Å²) in [5.74, 6) is 0. The van der Waals surface area contributed by atoms with Gasteiger partial charge in [-0.05, 0) is 17.7 Å². The maximum Gasteiger partial charge on any atom is 0.0623 e. The van der Waals surface area contributed by atoms with Crippen LogP contribution in [-0.2, 0) is 0 Å². The van der Waals surface area contributed by atoms with Gasteiger partial charge in [0.05, 0.1) is 4.11 Å². The number of anilines is 1. The van der Waals surface area contributed by atoms with E-state index < -0.39 is 6.53 Å². The zero-order valence-electron chi connectivity index (χ0n) is 7.89. The van der Waals surface area contributed by atoms with Gasteiger partial charge in [-0.2, -0.15) is 0 Å². The molecule has 0 aliphatic rings. The fraction of sp³-hybridized carbons (Fsp3) is 0. The highest BCUT2D eigenvalue weighted by molar-refractivity contribution is 5.51. The van der Waals surface area contributed by atoms with Crippen molar-refractivity contribution in [1.29, 1.82) is 0 Å². The first-order valence-electron chi connectivity index (χ1n) is 4.11. The average molecular weight is 122 g/mol. The molecule has 46 valence electrons. The minimum Gasteiger partial charge on any atom is -0.399 e. The van der Waals surface area contributed by atoms with Gasteiger partial charge in [-0.1, -0.05) is 24.7 Å². The van der Waals surface area contributed by atoms with Crippen LogP contribution in [0.1, 0.15) is 9.68 Å². The van der Waals surface area contributed by atoms with Crippen LogP contribution in [0.15, 0.2) is 30.8 Å². The van der Waals surface area contributed by atoms with E-state index in [1.165, 1.54) is 0 Å². The Labute approximate surface area is 59.0 Å². The molecule has 9 heavy (non-hydrogen) atoms. The molecule has 1 heteroatoms. The molecule has 1 rings (SSSR count). The normalized spacial score (nSPS) is 13.1. The predicted molar refractivity (Wildman–Crippen MR) is 40.9 cm³/mol. The lowest BCUT2D eigenvalue weighted by molar-refractivity contribution is 1.65. The molecule has 1 aromatic carbocycles. The third kappa shape index (κ3) is 1.32. The molecule has 0 radical (unpaired) electrons. The van der Waals surface area contributed by atoms with Crippen LogP contribution in [0.4, 0.5) is 5.69 Å². The van der Waals surface area contributed by atoms with Crippen LogP contribution in [0, 0.1) is 0 Å². The van der Waals surface area contributed by atoms with E-state index in [9.17, 15) is 0 Å². The molecule has 0 bridgehead atoms. The molecular weight excluding hydrogens is 110 g/mol. The monoisotopic (exact) mass is 122 g/mol. The summed E-state index contributed by atoms with van der Waals surface area (Å²) in [6, 6.07) is 6.45. The van der Waals surface area contributed by atoms with E-state index in [4.69, 9.17) is 9.85 Å². The summed E-state index contributed by atoms with van der Waals surface area (Å²) in [6.07, 6.45) is 0. The SMILES string of the molecule is [2H]C([2H])=C([2H])c1ccc(N)cc1. The van der Waals surface area contributed by atoms with Gasteiger partial charge in [-0.25, -0.2) is 0 Å². The van der Waals surface area contributed by atoms with Crippen LogP contribution in [-0.4, -0.2) is 0 Å². The molecule has 2 N–H and O–H groups in total. The Morgan fingerprint density at radius 3 is 2.78 bits per heavy atom. The van der Waals surface area contributed by atoms with Crippen molar-refractivity contribution in [3.63, 3.8) is 0 Å². The Kier molecular flexibility index (Phi) is 0.801. The number of nitrogens with two attached hydrogens (primary N) is 1. The van der Waals surface area contributed by atoms with Crippen molar-refractivity contribution in [3.05, 3.63) is 36.4 Å². The molecule has 0 fully saturated rings. The first-order valence-corrected chi connectivity index (χ1v) is 2.61. The largest absolute Gasteiger partial charge is 0.399 e. The molecule has 0 heterocycles. The topological polar surface area (TPSA) is 26.0 Å². The third-order valence-electron chi connectivity index (χ3n) is 1.06. The van der Waals surface area contributed by atoms with Crippen LogP contribution in [0.3, 0.4) is 0 Å². The Balaban J connectivity index is 3.06. The second kappa shape index (κ2) is 2.35. The van der Waals surface area contributed by atoms with Crippen molar-refractivity contribution in [2.24, 2.45) is 0 Å². The zero-order valence-corrected chi connectivity index (χ0v) is 4.89. The molecule has 0 saturated heterocycles. The summed E-state index contributed by atoms with van der Waals surface area (Å²) in [5, 5.41) is 0. The number of benzene rings is 1. The Morgan fingerprint density at radius 1 is 1.56 bits per heavy atom. The lowest BCUT2D eigenvalue weighted by Gasteiger charge is -1.91. The molecule has 0 spiro atoms. The van der Waals surface area contributed by atoms with Crippen LogP contribution in [0.5, 0.6) is 0 Å². The first-order chi connectivity index (χ1) is 5.61. The lowest BCUT2D eigenvalue weighted by atomic mass is 10.2. The standard InChI is InChI=1S/C8H9N/c1-2-7-3-5-8(9)6-4-7/h2-6H,1,9H2/i1D2,2D. The zero-order chi connectivity index (χ0) is 9.14. The molecule has 0 unspecified atom stereocenters. The first kappa shape index (κ1) is 3.06. The van der Waals surface area contributed by atoms with Crippen LogP contribution in [0.2, 0.25) is 0 Å². The second-order valence-corrected chi connectivity index (χ2v) is 1.75. The summed E-state index contributed by atoms with van der Waals surface area (Å²) in [6.45, 7) is -0.486. The highest BCUT2D eigenvalue weighted by Crippen LogP contribution is 2.05. The van der Waals surface area contributed by atoms with Gasteiger partial charge < -0.3 is 5.73 Å². The maximum atomic E-state index is 7.30. The quantitative estimate of drug-likeness (QED) is 0.566. The van der Waals surface area contributed by atoms with E-state index in [0.29, 0.717) is 11.3 Å². The molecular formula is C8H9N. The summed E-state index contributed by atoms with van der Waals surface area (Å²) in [7, 11) is 0. The van der Waals surface area contributed by atoms with Gasteiger partial charge in [-0.15, -0.1) is 0 Å². The lowest BCUT2D eigenvalue weighted by Crippen LogP contribution is -1.81. The van der Waals surface area contributed by atoms with Gasteiger partial charge in [0.25, 0.3) is 0 Å². The van der Waals surface area contributed by atoms with E-state index in [2.05, 4.69) is 0 Å². The van der Waals surface area contributed by atoms with E-state index in [0.717, 1.165) is 0 Å². The van der Waals surface area contributed by atoms with E-state index in [1.54, 1.807) is 24.3 Å². The number of hydrogen-bond donors (Lipinski definition) is 1. The van der Waals surface area contributed by atoms with Crippen molar-refractivity contribution in [2.45, 2.75) is 0 Å². The van der Waals surface area contributed by atoms with Crippen LogP contribution >= 0.6 is 0 Å². The summed E-state index contributed by atoms with van der Waals surface area (Å²) < 4.78 is 21.1. The number of nitrogen functional groups attached to an aromatic ring is 1. The van der Waals surface area contributed by atoms with Crippen molar-refractivity contribution in [2.75, 3.05) is 5.73 Å². The van der Waals surface area contributed by atoms with Gasteiger partial charge in [0.15, 0.2) is 0 Å². The maximum absolute atomic E-state index is 7.30. The minimum absolute atomic E-state index is 0.0880. The highest BCUT2D eigenvalue weighted by Gasteiger charge is 1.82. The van der Waals surface area contributed by atoms with Gasteiger partial charge in [0, 0.05) is 5.69 Å². The third-order valence-corrected chi connectivity index (χ3v) is 1.06. The fourth-order valence-corrected chi connectivity index (χ4v) is 0.566. The van der Waals surface area contributed by atoms with Crippen LogP contribution < -0.4 is 5.73 Å². The fourth-order valence-electron chi connectivity index (χ4n) is 0.566. The van der Waals surface area contributed by atoms with Crippen LogP contribution in [0.25, 0.3) is 6.05 Å². The molecule has 0 atom stereocenters. The van der Waals surface area contributed by atoms with Crippen molar-refractivity contribution >= 4 is 11.7 Å². The van der Waals surface area contributed by atoms with Gasteiger partial charge in [0.1, 0.15) is 0 Å². The van der Waals surface area contributed by atoms with Gasteiger partial charge >= 0.3 is 0 Å². The minimum atomic E-state index is -0.486. The van der Waals surface area contributed by atoms with Gasteiger partial charge in [-0.3, -0.25) is 0 Å². The molecule has 0 amide bonds. The van der Waals surface area contributed by atoms with E-state index in [1.807, 2.05) is 0 Å². The Morgan fingerprint density at radius 2 is 2.22 bits per heavy atom. The van der Waals surface area contributed by atoms with Crippen molar-refractivity contribution in [3.8, 4) is 0 Å². The molecule has 0 aliphatic heterocycles. The van der Waals surface area contributed by atoms with Crippen molar-refractivity contribution < 1.29 is 4.11 Å². The van der Waals surface area contributed by atoms with E-state index in [-0.39, 0.29) is 6.05 Å². The van der Waals surface area contributed by atoms with Gasteiger partial charge in [0.2, 0.25) is 0 Å². The summed E-state index contributed by atoms with van der Waals surface area (Å²) in [5.41, 5.74) is 6.59. The molecule has 0 aromatic heterocycles. The molecule has 1 aromatic rings. The Hall–Kier alpha value is -1.24. The smallest absolute Gasteiger partial charge is 0.0623 e.